The molecule has 0 fully saturated rings. The lowest BCUT2D eigenvalue weighted by atomic mass is 10.0. The largest absolute Gasteiger partial charge is 0.506 e. The van der Waals surface area contributed by atoms with E-state index in [1.807, 2.05) is 30.3 Å². The van der Waals surface area contributed by atoms with Gasteiger partial charge in [-0.3, -0.25) is 9.79 Å². The number of aromatic hydroxyl groups is 1. The van der Waals surface area contributed by atoms with Crippen molar-refractivity contribution in [1.29, 1.82) is 0 Å². The molecule has 0 aliphatic carbocycles. The van der Waals surface area contributed by atoms with E-state index in [2.05, 4.69) is 61.1 Å². The Labute approximate surface area is 190 Å². The predicted octanol–water partition coefficient (Wildman–Crippen LogP) is 5.55. The maximum Gasteiger partial charge on any atom is 0.262 e. The summed E-state index contributed by atoms with van der Waals surface area (Å²) in [6.45, 7) is -0.0949. The molecule has 0 atom stereocenters. The minimum absolute atomic E-state index is 0.0949. The molecule has 150 valence electrons. The highest BCUT2D eigenvalue weighted by molar-refractivity contribution is 9.11. The van der Waals surface area contributed by atoms with E-state index in [1.54, 1.807) is 18.3 Å². The highest BCUT2D eigenvalue weighted by atomic mass is 79.9. The molecule has 0 spiro atoms. The molecule has 7 heteroatoms. The number of phenols is 1. The Kier molecular flexibility index (Phi) is 5.85. The first-order valence-corrected chi connectivity index (χ1v) is 10.7. The van der Waals surface area contributed by atoms with E-state index >= 15 is 0 Å². The highest BCUT2D eigenvalue weighted by Crippen LogP contribution is 2.32. The van der Waals surface area contributed by atoms with Crippen molar-refractivity contribution in [3.63, 3.8) is 0 Å². The minimum atomic E-state index is -0.330. The van der Waals surface area contributed by atoms with Gasteiger partial charge in [0.05, 0.1) is 14.6 Å². The predicted molar refractivity (Wildman–Crippen MR) is 129 cm³/mol. The molecule has 30 heavy (non-hydrogen) atoms. The van der Waals surface area contributed by atoms with Gasteiger partial charge in [-0.15, -0.1) is 0 Å². The van der Waals surface area contributed by atoms with Crippen molar-refractivity contribution in [3.05, 3.63) is 81.2 Å². The van der Waals surface area contributed by atoms with Gasteiger partial charge in [0, 0.05) is 6.21 Å². The molecule has 0 saturated heterocycles. The summed E-state index contributed by atoms with van der Waals surface area (Å²) < 4.78 is 1.07. The molecular weight excluding hydrogens is 510 g/mol. The number of halogens is 2. The van der Waals surface area contributed by atoms with Crippen LogP contribution in [0.15, 0.2) is 80.7 Å². The molecule has 0 aliphatic heterocycles. The fraction of sp³-hybridized carbons (Fsp3) is 0.0435. The number of aliphatic imine (C=N–C) groups is 1. The number of amides is 1. The number of hydrogen-bond acceptors (Lipinski definition) is 4. The molecule has 0 heterocycles. The topological polar surface area (TPSA) is 78.9 Å². The van der Waals surface area contributed by atoms with E-state index in [-0.39, 0.29) is 18.2 Å². The second kappa shape index (κ2) is 8.55. The summed E-state index contributed by atoms with van der Waals surface area (Å²) in [5.74, 6) is 5.83. The smallest absolute Gasteiger partial charge is 0.262 e. The average molecular weight is 527 g/mol. The zero-order valence-corrected chi connectivity index (χ0v) is 18.9. The summed E-state index contributed by atoms with van der Waals surface area (Å²) in [7, 11) is 0. The number of phenolic OH excluding ortho intramolecular Hbond substituents is 1. The molecule has 5 nitrogen and oxygen atoms in total. The van der Waals surface area contributed by atoms with Crippen LogP contribution < -0.4 is 10.9 Å². The Bertz CT molecular complexity index is 1280. The van der Waals surface area contributed by atoms with Crippen LogP contribution in [-0.2, 0) is 4.79 Å². The summed E-state index contributed by atoms with van der Waals surface area (Å²) in [5.41, 5.74) is 1.34. The summed E-state index contributed by atoms with van der Waals surface area (Å²) >= 11 is 6.54. The monoisotopic (exact) mass is 525 g/mol. The van der Waals surface area contributed by atoms with Crippen molar-refractivity contribution in [2.24, 2.45) is 10.8 Å². The van der Waals surface area contributed by atoms with Crippen molar-refractivity contribution < 1.29 is 9.90 Å². The second-order valence-corrected chi connectivity index (χ2v) is 8.51. The van der Waals surface area contributed by atoms with Crippen LogP contribution in [0.25, 0.3) is 21.5 Å². The van der Waals surface area contributed by atoms with E-state index < -0.39 is 0 Å². The molecule has 4 aromatic rings. The Morgan fingerprint density at radius 1 is 0.933 bits per heavy atom. The van der Waals surface area contributed by atoms with Gasteiger partial charge in [0.1, 0.15) is 12.3 Å². The van der Waals surface area contributed by atoms with Gasteiger partial charge in [-0.1, -0.05) is 30.3 Å². The molecule has 0 aliphatic rings. The van der Waals surface area contributed by atoms with Crippen molar-refractivity contribution >= 4 is 71.2 Å². The van der Waals surface area contributed by atoms with Crippen LogP contribution in [0.2, 0.25) is 0 Å². The molecule has 0 saturated carbocycles. The fourth-order valence-corrected chi connectivity index (χ4v) is 4.41. The van der Waals surface area contributed by atoms with Crippen LogP contribution >= 0.6 is 31.9 Å². The van der Waals surface area contributed by atoms with Crippen molar-refractivity contribution in [2.45, 2.75) is 0 Å². The van der Waals surface area contributed by atoms with Crippen LogP contribution in [-0.4, -0.2) is 23.8 Å². The van der Waals surface area contributed by atoms with Gasteiger partial charge in [-0.05, 0) is 95.4 Å². The Balaban J connectivity index is 1.52. The van der Waals surface area contributed by atoms with E-state index in [4.69, 9.17) is 5.84 Å². The van der Waals surface area contributed by atoms with Gasteiger partial charge in [-0.2, -0.15) is 0 Å². The number of carbonyl (C=O) groups excluding carboxylic acids is 1. The first-order chi connectivity index (χ1) is 14.4. The number of anilines is 1. The maximum atomic E-state index is 12.5. The number of fused-ring (bicyclic) bond motifs is 2. The number of hydrazine groups is 1. The maximum absolute atomic E-state index is 12.5. The quantitative estimate of drug-likeness (QED) is 0.120. The first-order valence-electron chi connectivity index (χ1n) is 9.10. The van der Waals surface area contributed by atoms with E-state index in [9.17, 15) is 9.90 Å². The number of rotatable bonds is 4. The molecule has 3 N–H and O–H groups in total. The third-order valence-electron chi connectivity index (χ3n) is 4.74. The van der Waals surface area contributed by atoms with Crippen molar-refractivity contribution in [3.8, 4) is 5.75 Å². The van der Waals surface area contributed by atoms with Crippen LogP contribution in [0, 0.1) is 0 Å². The van der Waals surface area contributed by atoms with Gasteiger partial charge in [0.15, 0.2) is 0 Å². The second-order valence-electron chi connectivity index (χ2n) is 6.80. The van der Waals surface area contributed by atoms with Crippen LogP contribution in [0.4, 0.5) is 5.69 Å². The normalized spacial score (nSPS) is 11.4. The van der Waals surface area contributed by atoms with E-state index in [1.165, 1.54) is 5.39 Å². The average Bonchev–Trinajstić information content (AvgIpc) is 2.75. The molecule has 0 bridgehead atoms. The fourth-order valence-electron chi connectivity index (χ4n) is 3.19. The third-order valence-corrected chi connectivity index (χ3v) is 5.95. The Hall–Kier alpha value is -2.74. The Morgan fingerprint density at radius 2 is 1.53 bits per heavy atom. The van der Waals surface area contributed by atoms with Crippen LogP contribution in [0.3, 0.4) is 0 Å². The number of nitrogens with two attached hydrogens (primary N) is 1. The third kappa shape index (κ3) is 4.23. The molecule has 4 aromatic carbocycles. The number of nitrogens with zero attached hydrogens (tertiary/aromatic N) is 2. The molecular formula is C23H17Br2N3O2. The minimum Gasteiger partial charge on any atom is -0.506 e. The summed E-state index contributed by atoms with van der Waals surface area (Å²) in [6.07, 6.45) is 1.56. The van der Waals surface area contributed by atoms with Gasteiger partial charge in [-0.25, -0.2) is 10.9 Å². The molecule has 1 amide bonds. The summed E-state index contributed by atoms with van der Waals surface area (Å²) in [5, 5.41) is 15.3. The van der Waals surface area contributed by atoms with Crippen LogP contribution in [0.5, 0.6) is 5.75 Å². The van der Waals surface area contributed by atoms with E-state index in [0.717, 1.165) is 26.7 Å². The molecule has 0 radical (unpaired) electrons. The van der Waals surface area contributed by atoms with Crippen molar-refractivity contribution in [2.75, 3.05) is 11.6 Å². The van der Waals surface area contributed by atoms with Gasteiger partial charge < -0.3 is 5.11 Å². The number of carbonyl (C=O) groups is 1. The van der Waals surface area contributed by atoms with Gasteiger partial charge in [0.25, 0.3) is 5.91 Å². The standard InChI is InChI=1S/C23H17Br2N3O2/c24-20-7-14(8-21(25)23(20)30)12-27-13-22(29)28(26)19-6-5-17-9-15-3-1-2-4-16(15)10-18(17)11-19/h1-12,30H,13,26H2. The zero-order valence-electron chi connectivity index (χ0n) is 15.7. The highest BCUT2D eigenvalue weighted by Gasteiger charge is 2.12. The lowest BCUT2D eigenvalue weighted by Gasteiger charge is -2.16. The van der Waals surface area contributed by atoms with Crippen molar-refractivity contribution in [1.82, 2.24) is 0 Å². The lowest BCUT2D eigenvalue weighted by molar-refractivity contribution is -0.117. The lowest BCUT2D eigenvalue weighted by Crippen LogP contribution is -2.39. The summed E-state index contributed by atoms with van der Waals surface area (Å²) in [4.78, 5) is 16.7. The zero-order chi connectivity index (χ0) is 21.3. The van der Waals surface area contributed by atoms with Crippen LogP contribution in [0.1, 0.15) is 5.56 Å². The molecule has 0 aromatic heterocycles. The summed E-state index contributed by atoms with van der Waals surface area (Å²) in [6, 6.07) is 21.5. The Morgan fingerprint density at radius 3 is 2.20 bits per heavy atom. The molecule has 4 rings (SSSR count). The molecule has 0 unspecified atom stereocenters. The number of hydrogen-bond donors (Lipinski definition) is 2. The number of benzene rings is 4. The van der Waals surface area contributed by atoms with Gasteiger partial charge >= 0.3 is 0 Å². The van der Waals surface area contributed by atoms with Gasteiger partial charge in [0.2, 0.25) is 0 Å². The first kappa shape index (κ1) is 20.5. The SMILES string of the molecule is NN(C(=O)CN=Cc1cc(Br)c(O)c(Br)c1)c1ccc2cc3ccccc3cc2c1. The van der Waals surface area contributed by atoms with E-state index in [0.29, 0.717) is 14.6 Å².